The van der Waals surface area contributed by atoms with Crippen LogP contribution in [0.25, 0.3) is 0 Å². The van der Waals surface area contributed by atoms with E-state index in [0.717, 1.165) is 13.1 Å². The maximum atomic E-state index is 4.10. The molecule has 2 rings (SSSR count). The number of nitrogens with zero attached hydrogens (tertiary/aromatic N) is 1. The van der Waals surface area contributed by atoms with Gasteiger partial charge in [-0.3, -0.25) is 4.98 Å². The second kappa shape index (κ2) is 4.83. The van der Waals surface area contributed by atoms with E-state index in [1.165, 1.54) is 30.6 Å². The van der Waals surface area contributed by atoms with E-state index in [1.54, 1.807) is 0 Å². The van der Waals surface area contributed by atoms with Crippen LogP contribution in [0.1, 0.15) is 25.3 Å². The first-order valence-corrected chi connectivity index (χ1v) is 6.05. The van der Waals surface area contributed by atoms with Gasteiger partial charge in [0, 0.05) is 31.2 Å². The molecule has 3 heteroatoms. The lowest BCUT2D eigenvalue weighted by atomic mass is 9.83. The lowest BCUT2D eigenvalue weighted by molar-refractivity contribution is 0.253. The molecule has 1 aliphatic rings. The summed E-state index contributed by atoms with van der Waals surface area (Å²) in [5.74, 6) is 0. The topological polar surface area (TPSA) is 37.0 Å². The van der Waals surface area contributed by atoms with Crippen LogP contribution in [0, 0.1) is 12.3 Å². The molecule has 1 atom stereocenters. The van der Waals surface area contributed by atoms with Crippen molar-refractivity contribution in [3.8, 4) is 0 Å². The van der Waals surface area contributed by atoms with Gasteiger partial charge in [-0.25, -0.2) is 0 Å². The molecule has 2 N–H and O–H groups in total. The van der Waals surface area contributed by atoms with Crippen LogP contribution in [0.5, 0.6) is 0 Å². The van der Waals surface area contributed by atoms with E-state index in [0.29, 0.717) is 5.41 Å². The summed E-state index contributed by atoms with van der Waals surface area (Å²) in [5, 5.41) is 7.02. The molecule has 1 fully saturated rings. The summed E-state index contributed by atoms with van der Waals surface area (Å²) in [5.41, 5.74) is 2.81. The lowest BCUT2D eigenvalue weighted by Crippen LogP contribution is -2.42. The second-order valence-electron chi connectivity index (χ2n) is 5.14. The summed E-state index contributed by atoms with van der Waals surface area (Å²) in [6.45, 7) is 7.76. The maximum absolute atomic E-state index is 4.10. The molecule has 0 aliphatic carbocycles. The highest BCUT2D eigenvalue weighted by molar-refractivity contribution is 5.48. The van der Waals surface area contributed by atoms with Gasteiger partial charge >= 0.3 is 0 Å². The summed E-state index contributed by atoms with van der Waals surface area (Å²) in [4.78, 5) is 4.10. The SMILES string of the molecule is Cc1cnccc1NCC1(C)CCCNC1. The van der Waals surface area contributed by atoms with Gasteiger partial charge in [-0.05, 0) is 43.4 Å². The second-order valence-corrected chi connectivity index (χ2v) is 5.14. The van der Waals surface area contributed by atoms with E-state index in [2.05, 4.69) is 35.5 Å². The highest BCUT2D eigenvalue weighted by Gasteiger charge is 2.26. The molecule has 0 aromatic carbocycles. The van der Waals surface area contributed by atoms with Crippen LogP contribution >= 0.6 is 0 Å². The average Bonchev–Trinajstić information content (AvgIpc) is 2.29. The fourth-order valence-corrected chi connectivity index (χ4v) is 2.25. The molecule has 2 heterocycles. The monoisotopic (exact) mass is 219 g/mol. The minimum atomic E-state index is 0.383. The number of hydrogen-bond donors (Lipinski definition) is 2. The Bertz CT molecular complexity index is 343. The standard InChI is InChI=1S/C13H21N3/c1-11-8-14-7-4-12(11)16-10-13(2)5-3-6-15-9-13/h4,7-8,15H,3,5-6,9-10H2,1-2H3,(H,14,16). The zero-order chi connectivity index (χ0) is 11.4. The highest BCUT2D eigenvalue weighted by Crippen LogP contribution is 2.26. The summed E-state index contributed by atoms with van der Waals surface area (Å²) >= 11 is 0. The van der Waals surface area contributed by atoms with Gasteiger partial charge in [-0.15, -0.1) is 0 Å². The van der Waals surface area contributed by atoms with E-state index < -0.39 is 0 Å². The Balaban J connectivity index is 1.94. The predicted octanol–water partition coefficient (Wildman–Crippen LogP) is 2.19. The predicted molar refractivity (Wildman–Crippen MR) is 67.7 cm³/mol. The number of piperidine rings is 1. The quantitative estimate of drug-likeness (QED) is 0.818. The Morgan fingerprint density at radius 2 is 2.44 bits per heavy atom. The molecule has 0 saturated carbocycles. The molecule has 1 saturated heterocycles. The Hall–Kier alpha value is -1.09. The van der Waals surface area contributed by atoms with Gasteiger partial charge in [-0.1, -0.05) is 6.92 Å². The minimum absolute atomic E-state index is 0.383. The minimum Gasteiger partial charge on any atom is -0.384 e. The van der Waals surface area contributed by atoms with E-state index in [1.807, 2.05) is 12.4 Å². The van der Waals surface area contributed by atoms with Gasteiger partial charge < -0.3 is 10.6 Å². The molecule has 1 unspecified atom stereocenters. The van der Waals surface area contributed by atoms with Gasteiger partial charge in [0.2, 0.25) is 0 Å². The van der Waals surface area contributed by atoms with Crippen molar-refractivity contribution in [3.63, 3.8) is 0 Å². The smallest absolute Gasteiger partial charge is 0.0400 e. The van der Waals surface area contributed by atoms with Gasteiger partial charge in [0.05, 0.1) is 0 Å². The first-order chi connectivity index (χ1) is 7.70. The van der Waals surface area contributed by atoms with Crippen LogP contribution in [0.2, 0.25) is 0 Å². The normalized spacial score (nSPS) is 25.4. The molecule has 1 aromatic heterocycles. The Morgan fingerprint density at radius 3 is 3.12 bits per heavy atom. The molecule has 0 bridgehead atoms. The van der Waals surface area contributed by atoms with Crippen molar-refractivity contribution >= 4 is 5.69 Å². The van der Waals surface area contributed by atoms with Gasteiger partial charge in [0.15, 0.2) is 0 Å². The molecule has 0 amide bonds. The first kappa shape index (κ1) is 11.4. The Morgan fingerprint density at radius 1 is 1.56 bits per heavy atom. The zero-order valence-electron chi connectivity index (χ0n) is 10.2. The maximum Gasteiger partial charge on any atom is 0.0400 e. The van der Waals surface area contributed by atoms with Crippen molar-refractivity contribution in [1.82, 2.24) is 10.3 Å². The van der Waals surface area contributed by atoms with Crippen LogP contribution in [0.3, 0.4) is 0 Å². The summed E-state index contributed by atoms with van der Waals surface area (Å²) in [6.07, 6.45) is 6.34. The molecular formula is C13H21N3. The van der Waals surface area contributed by atoms with Crippen LogP contribution < -0.4 is 10.6 Å². The first-order valence-electron chi connectivity index (χ1n) is 6.05. The molecule has 88 valence electrons. The van der Waals surface area contributed by atoms with Crippen LogP contribution in [-0.2, 0) is 0 Å². The number of aryl methyl sites for hydroxylation is 1. The highest BCUT2D eigenvalue weighted by atomic mass is 14.9. The number of pyridine rings is 1. The summed E-state index contributed by atoms with van der Waals surface area (Å²) in [6, 6.07) is 2.05. The Kier molecular flexibility index (Phi) is 3.44. The number of hydrogen-bond acceptors (Lipinski definition) is 3. The molecule has 1 aliphatic heterocycles. The Labute approximate surface area is 97.7 Å². The summed E-state index contributed by atoms with van der Waals surface area (Å²) in [7, 11) is 0. The van der Waals surface area contributed by atoms with Crippen LogP contribution in [0.15, 0.2) is 18.5 Å². The third-order valence-electron chi connectivity index (χ3n) is 3.41. The number of anilines is 1. The molecule has 3 nitrogen and oxygen atoms in total. The number of rotatable bonds is 3. The average molecular weight is 219 g/mol. The molecular weight excluding hydrogens is 198 g/mol. The van der Waals surface area contributed by atoms with E-state index in [9.17, 15) is 0 Å². The molecule has 0 spiro atoms. The van der Waals surface area contributed by atoms with Crippen molar-refractivity contribution < 1.29 is 0 Å². The van der Waals surface area contributed by atoms with E-state index in [4.69, 9.17) is 0 Å². The van der Waals surface area contributed by atoms with Crippen molar-refractivity contribution in [2.45, 2.75) is 26.7 Å². The van der Waals surface area contributed by atoms with Crippen LogP contribution in [0.4, 0.5) is 5.69 Å². The third-order valence-corrected chi connectivity index (χ3v) is 3.41. The van der Waals surface area contributed by atoms with Crippen molar-refractivity contribution in [1.29, 1.82) is 0 Å². The zero-order valence-corrected chi connectivity index (χ0v) is 10.2. The lowest BCUT2D eigenvalue weighted by Gasteiger charge is -2.34. The molecule has 0 radical (unpaired) electrons. The van der Waals surface area contributed by atoms with E-state index >= 15 is 0 Å². The fraction of sp³-hybridized carbons (Fsp3) is 0.615. The van der Waals surface area contributed by atoms with E-state index in [-0.39, 0.29) is 0 Å². The number of nitrogens with one attached hydrogen (secondary N) is 2. The largest absolute Gasteiger partial charge is 0.384 e. The van der Waals surface area contributed by atoms with Gasteiger partial charge in [-0.2, -0.15) is 0 Å². The van der Waals surface area contributed by atoms with Crippen molar-refractivity contribution in [3.05, 3.63) is 24.0 Å². The molecule has 16 heavy (non-hydrogen) atoms. The molecule has 1 aromatic rings. The van der Waals surface area contributed by atoms with Gasteiger partial charge in [0.1, 0.15) is 0 Å². The van der Waals surface area contributed by atoms with Crippen LogP contribution in [-0.4, -0.2) is 24.6 Å². The summed E-state index contributed by atoms with van der Waals surface area (Å²) < 4.78 is 0. The number of aromatic nitrogens is 1. The fourth-order valence-electron chi connectivity index (χ4n) is 2.25. The van der Waals surface area contributed by atoms with Crippen molar-refractivity contribution in [2.75, 3.05) is 25.0 Å². The van der Waals surface area contributed by atoms with Gasteiger partial charge in [0.25, 0.3) is 0 Å². The van der Waals surface area contributed by atoms with Crippen molar-refractivity contribution in [2.24, 2.45) is 5.41 Å². The third kappa shape index (κ3) is 2.73.